The maximum Gasteiger partial charge on any atom is 0.389 e. The van der Waals surface area contributed by atoms with E-state index in [0.717, 1.165) is 16.7 Å². The summed E-state index contributed by atoms with van der Waals surface area (Å²) in [5, 5.41) is 0. The van der Waals surface area contributed by atoms with Crippen molar-refractivity contribution in [3.05, 3.63) is 54.1 Å². The normalized spacial score (nSPS) is 11.3. The van der Waals surface area contributed by atoms with Crippen LogP contribution in [0.4, 0.5) is 13.2 Å². The molecule has 0 unspecified atom stereocenters. The summed E-state index contributed by atoms with van der Waals surface area (Å²) in [6, 6.07) is 15.2. The highest BCUT2D eigenvalue weighted by Gasteiger charge is 2.26. The van der Waals surface area contributed by atoms with Crippen molar-refractivity contribution in [3.63, 3.8) is 0 Å². The summed E-state index contributed by atoms with van der Waals surface area (Å²) in [5.41, 5.74) is 2.79. The molecule has 2 aromatic rings. The molecular weight excluding hydrogens is 357 g/mol. The Morgan fingerprint density at radius 2 is 1.78 bits per heavy atom. The molecule has 0 aliphatic rings. The van der Waals surface area contributed by atoms with Crippen LogP contribution in [-0.2, 0) is 16.0 Å². The minimum atomic E-state index is -4.17. The third-order valence-corrected chi connectivity index (χ3v) is 4.06. The Hall–Kier alpha value is -2.50. The summed E-state index contributed by atoms with van der Waals surface area (Å²) >= 11 is 0. The first-order valence-electron chi connectivity index (χ1n) is 8.84. The van der Waals surface area contributed by atoms with Crippen molar-refractivity contribution in [1.82, 2.24) is 0 Å². The Kier molecular flexibility index (Phi) is 7.70. The highest BCUT2D eigenvalue weighted by molar-refractivity contribution is 5.71. The molecule has 146 valence electrons. The number of aryl methyl sites for hydroxylation is 1. The first-order valence-corrected chi connectivity index (χ1v) is 8.84. The van der Waals surface area contributed by atoms with Gasteiger partial charge in [-0.25, -0.2) is 0 Å². The number of benzene rings is 2. The predicted molar refractivity (Wildman–Crippen MR) is 97.6 cm³/mol. The summed E-state index contributed by atoms with van der Waals surface area (Å²) in [6.45, 7) is 0.00102. The fraction of sp³-hybridized carbons (Fsp3) is 0.381. The lowest BCUT2D eigenvalue weighted by Crippen LogP contribution is -2.10. The topological polar surface area (TPSA) is 35.5 Å². The lowest BCUT2D eigenvalue weighted by atomic mass is 9.99. The largest absolute Gasteiger partial charge is 0.493 e. The Bertz CT molecular complexity index is 727. The summed E-state index contributed by atoms with van der Waals surface area (Å²) in [4.78, 5) is 11.2. The first kappa shape index (κ1) is 20.8. The van der Waals surface area contributed by atoms with Gasteiger partial charge in [-0.2, -0.15) is 13.2 Å². The van der Waals surface area contributed by atoms with Crippen LogP contribution in [0.5, 0.6) is 5.75 Å². The number of alkyl halides is 3. The van der Waals surface area contributed by atoms with Crippen molar-refractivity contribution >= 4 is 5.97 Å². The van der Waals surface area contributed by atoms with Crippen molar-refractivity contribution < 1.29 is 27.4 Å². The predicted octanol–water partition coefficient (Wildman–Crippen LogP) is 5.57. The molecule has 2 rings (SSSR count). The third-order valence-electron chi connectivity index (χ3n) is 4.06. The zero-order valence-electron chi connectivity index (χ0n) is 15.2. The molecule has 0 spiro atoms. The summed E-state index contributed by atoms with van der Waals surface area (Å²) in [5.74, 6) is 0.308. The highest BCUT2D eigenvalue weighted by atomic mass is 19.4. The zero-order valence-corrected chi connectivity index (χ0v) is 15.2. The van der Waals surface area contributed by atoms with Gasteiger partial charge >= 0.3 is 12.1 Å². The van der Waals surface area contributed by atoms with Crippen LogP contribution in [0.15, 0.2) is 48.5 Å². The van der Waals surface area contributed by atoms with Crippen LogP contribution in [0, 0.1) is 0 Å². The van der Waals surface area contributed by atoms with Crippen molar-refractivity contribution in [1.29, 1.82) is 0 Å². The monoisotopic (exact) mass is 380 g/mol. The second kappa shape index (κ2) is 10.00. The fourth-order valence-electron chi connectivity index (χ4n) is 2.70. The Labute approximate surface area is 157 Å². The molecule has 0 fully saturated rings. The average Bonchev–Trinajstić information content (AvgIpc) is 2.65. The number of esters is 1. The molecule has 0 bridgehead atoms. The number of ether oxygens (including phenoxy) is 2. The smallest absolute Gasteiger partial charge is 0.389 e. The quantitative estimate of drug-likeness (QED) is 0.421. The lowest BCUT2D eigenvalue weighted by Gasteiger charge is -2.14. The van der Waals surface area contributed by atoms with Crippen LogP contribution in [-0.4, -0.2) is 25.9 Å². The average molecular weight is 380 g/mol. The van der Waals surface area contributed by atoms with Gasteiger partial charge in [-0.15, -0.1) is 0 Å². The second-order valence-corrected chi connectivity index (χ2v) is 6.19. The Balaban J connectivity index is 2.09. The van der Waals surface area contributed by atoms with E-state index >= 15 is 0 Å². The lowest BCUT2D eigenvalue weighted by molar-refractivity contribution is -0.140. The van der Waals surface area contributed by atoms with Gasteiger partial charge in [0.1, 0.15) is 5.75 Å². The maximum atomic E-state index is 12.3. The standard InChI is InChI=1S/C21H23F3O3/c1-26-20(25)10-5-7-16-11-12-19(27-14-6-13-21(22,23)24)18(15-16)17-8-3-2-4-9-17/h2-4,8-9,11-12,15H,5-7,10,13-14H2,1H3. The van der Waals surface area contributed by atoms with Crippen LogP contribution in [0.2, 0.25) is 0 Å². The summed E-state index contributed by atoms with van der Waals surface area (Å²) in [7, 11) is 1.36. The molecule has 0 radical (unpaired) electrons. The van der Waals surface area contributed by atoms with Gasteiger partial charge in [0.05, 0.1) is 13.7 Å². The molecule has 27 heavy (non-hydrogen) atoms. The van der Waals surface area contributed by atoms with Gasteiger partial charge in [0.25, 0.3) is 0 Å². The van der Waals surface area contributed by atoms with E-state index in [4.69, 9.17) is 4.74 Å². The SMILES string of the molecule is COC(=O)CCCc1ccc(OCCCC(F)(F)F)c(-c2ccccc2)c1. The number of halogens is 3. The van der Waals surface area contributed by atoms with Crippen molar-refractivity contribution in [2.75, 3.05) is 13.7 Å². The molecular formula is C21H23F3O3. The van der Waals surface area contributed by atoms with Gasteiger partial charge in [-0.05, 0) is 42.5 Å². The number of hydrogen-bond donors (Lipinski definition) is 0. The highest BCUT2D eigenvalue weighted by Crippen LogP contribution is 2.32. The third kappa shape index (κ3) is 7.33. The number of hydrogen-bond acceptors (Lipinski definition) is 3. The van der Waals surface area contributed by atoms with E-state index in [1.54, 1.807) is 6.07 Å². The van der Waals surface area contributed by atoms with E-state index in [1.807, 2.05) is 42.5 Å². The Morgan fingerprint density at radius 3 is 2.44 bits per heavy atom. The van der Waals surface area contributed by atoms with Crippen LogP contribution in [0.1, 0.15) is 31.2 Å². The number of carbonyl (C=O) groups excluding carboxylic acids is 1. The van der Waals surface area contributed by atoms with E-state index in [0.29, 0.717) is 25.0 Å². The van der Waals surface area contributed by atoms with Crippen LogP contribution >= 0.6 is 0 Å². The van der Waals surface area contributed by atoms with Gasteiger partial charge < -0.3 is 9.47 Å². The number of carbonyl (C=O) groups is 1. The van der Waals surface area contributed by atoms with Crippen molar-refractivity contribution in [2.45, 2.75) is 38.3 Å². The van der Waals surface area contributed by atoms with E-state index in [1.165, 1.54) is 7.11 Å². The van der Waals surface area contributed by atoms with Crippen LogP contribution in [0.3, 0.4) is 0 Å². The Morgan fingerprint density at radius 1 is 1.04 bits per heavy atom. The second-order valence-electron chi connectivity index (χ2n) is 6.19. The molecule has 0 saturated carbocycles. The molecule has 0 N–H and O–H groups in total. The fourth-order valence-corrected chi connectivity index (χ4v) is 2.70. The summed E-state index contributed by atoms with van der Waals surface area (Å²) < 4.78 is 47.1. The van der Waals surface area contributed by atoms with E-state index < -0.39 is 12.6 Å². The van der Waals surface area contributed by atoms with Gasteiger partial charge in [0, 0.05) is 18.4 Å². The summed E-state index contributed by atoms with van der Waals surface area (Å²) in [6.07, 6.45) is -3.42. The van der Waals surface area contributed by atoms with Gasteiger partial charge in [0.2, 0.25) is 0 Å². The van der Waals surface area contributed by atoms with Crippen LogP contribution < -0.4 is 4.74 Å². The maximum absolute atomic E-state index is 12.3. The molecule has 0 atom stereocenters. The molecule has 3 nitrogen and oxygen atoms in total. The minimum absolute atomic E-state index is 0.00102. The molecule has 0 heterocycles. The molecule has 0 aliphatic heterocycles. The number of methoxy groups -OCH3 is 1. The minimum Gasteiger partial charge on any atom is -0.493 e. The van der Waals surface area contributed by atoms with Gasteiger partial charge in [-0.1, -0.05) is 36.4 Å². The van der Waals surface area contributed by atoms with E-state index in [2.05, 4.69) is 4.74 Å². The molecule has 0 amide bonds. The molecule has 0 saturated heterocycles. The molecule has 6 heteroatoms. The zero-order chi connectivity index (χ0) is 19.7. The van der Waals surface area contributed by atoms with Gasteiger partial charge in [-0.3, -0.25) is 4.79 Å². The van der Waals surface area contributed by atoms with Gasteiger partial charge in [0.15, 0.2) is 0 Å². The van der Waals surface area contributed by atoms with E-state index in [9.17, 15) is 18.0 Å². The van der Waals surface area contributed by atoms with E-state index in [-0.39, 0.29) is 19.0 Å². The number of rotatable bonds is 9. The van der Waals surface area contributed by atoms with Crippen molar-refractivity contribution in [2.24, 2.45) is 0 Å². The molecule has 2 aromatic carbocycles. The molecule has 0 aliphatic carbocycles. The van der Waals surface area contributed by atoms with Crippen molar-refractivity contribution in [3.8, 4) is 16.9 Å². The first-order chi connectivity index (χ1) is 12.9. The molecule has 0 aromatic heterocycles. The van der Waals surface area contributed by atoms with Crippen LogP contribution in [0.25, 0.3) is 11.1 Å².